The Hall–Kier alpha value is -1.58. The first-order valence-electron chi connectivity index (χ1n) is 8.15. The maximum absolute atomic E-state index is 12.4. The van der Waals surface area contributed by atoms with E-state index in [1.807, 2.05) is 11.8 Å². The number of hydrogen-bond donors (Lipinski definition) is 2. The second-order valence-electron chi connectivity index (χ2n) is 6.26. The molecule has 0 unspecified atom stereocenters. The van der Waals surface area contributed by atoms with Crippen molar-refractivity contribution in [2.75, 3.05) is 33.7 Å². The van der Waals surface area contributed by atoms with E-state index in [0.717, 1.165) is 18.0 Å². The van der Waals surface area contributed by atoms with Crippen LogP contribution in [-0.2, 0) is 11.2 Å². The number of likely N-dealkylation sites (N-methyl/N-ethyl adjacent to an activating group) is 1. The Labute approximate surface area is 146 Å². The average Bonchev–Trinajstić information content (AvgIpc) is 2.98. The number of hydrogen-bond acceptors (Lipinski definition) is 7. The Kier molecular flexibility index (Phi) is 6.64. The van der Waals surface area contributed by atoms with Crippen molar-refractivity contribution in [3.8, 4) is 0 Å². The summed E-state index contributed by atoms with van der Waals surface area (Å²) in [7, 11) is 3.42. The van der Waals surface area contributed by atoms with Gasteiger partial charge in [0.1, 0.15) is 4.88 Å². The molecular weight excluding hydrogens is 330 g/mol. The summed E-state index contributed by atoms with van der Waals surface area (Å²) < 4.78 is 3.85. The lowest BCUT2D eigenvalue weighted by Crippen LogP contribution is -2.55. The number of likely N-dealkylation sites (tertiary alicyclic amines) is 1. The van der Waals surface area contributed by atoms with E-state index in [1.165, 1.54) is 4.90 Å². The van der Waals surface area contributed by atoms with Gasteiger partial charge < -0.3 is 15.3 Å². The predicted octanol–water partition coefficient (Wildman–Crippen LogP) is -0.256. The number of rotatable bonds is 6. The Morgan fingerprint density at radius 3 is 2.83 bits per heavy atom. The summed E-state index contributed by atoms with van der Waals surface area (Å²) in [6.45, 7) is 3.33. The molecule has 0 aliphatic carbocycles. The van der Waals surface area contributed by atoms with Crippen LogP contribution in [0.3, 0.4) is 0 Å². The van der Waals surface area contributed by atoms with Crippen LogP contribution in [-0.4, -0.2) is 82.2 Å². The second kappa shape index (κ2) is 8.50. The summed E-state index contributed by atoms with van der Waals surface area (Å²) in [5, 5.41) is 17.2. The zero-order valence-electron chi connectivity index (χ0n) is 14.4. The summed E-state index contributed by atoms with van der Waals surface area (Å²) in [5.74, 6) is -0.222. The van der Waals surface area contributed by atoms with Gasteiger partial charge in [-0.3, -0.25) is 14.5 Å². The first-order chi connectivity index (χ1) is 11.4. The third-order valence-electron chi connectivity index (χ3n) is 4.09. The van der Waals surface area contributed by atoms with Gasteiger partial charge in [-0.25, -0.2) is 0 Å². The Morgan fingerprint density at radius 2 is 2.21 bits per heavy atom. The van der Waals surface area contributed by atoms with Crippen LogP contribution in [0.5, 0.6) is 0 Å². The lowest BCUT2D eigenvalue weighted by atomic mass is 10.0. The van der Waals surface area contributed by atoms with Gasteiger partial charge in [-0.1, -0.05) is 17.8 Å². The summed E-state index contributed by atoms with van der Waals surface area (Å²) in [6.07, 6.45) is 1.51. The van der Waals surface area contributed by atoms with Crippen LogP contribution in [0, 0.1) is 0 Å². The molecule has 1 aromatic heterocycles. The number of piperidine rings is 1. The molecule has 1 aliphatic rings. The molecule has 2 rings (SSSR count). The fraction of sp³-hybridized carbons (Fsp3) is 0.733. The fourth-order valence-electron chi connectivity index (χ4n) is 2.66. The number of carbonyl (C=O) groups excluding carboxylic acids is 2. The summed E-state index contributed by atoms with van der Waals surface area (Å²) >= 11 is 1.08. The van der Waals surface area contributed by atoms with Gasteiger partial charge in [-0.05, 0) is 24.4 Å². The molecule has 2 amide bonds. The highest BCUT2D eigenvalue weighted by atomic mass is 32.1. The third-order valence-corrected chi connectivity index (χ3v) is 4.86. The van der Waals surface area contributed by atoms with Crippen molar-refractivity contribution >= 4 is 23.3 Å². The maximum atomic E-state index is 12.4. The number of nitrogens with zero attached hydrogens (tertiary/aromatic N) is 4. The molecule has 2 atom stereocenters. The lowest BCUT2D eigenvalue weighted by Gasteiger charge is -2.36. The first kappa shape index (κ1) is 18.8. The van der Waals surface area contributed by atoms with Gasteiger partial charge >= 0.3 is 0 Å². The van der Waals surface area contributed by atoms with E-state index < -0.39 is 6.10 Å². The number of carbonyl (C=O) groups is 2. The minimum atomic E-state index is -0.701. The predicted molar refractivity (Wildman–Crippen MR) is 90.9 cm³/mol. The minimum Gasteiger partial charge on any atom is -0.390 e. The molecule has 1 aromatic rings. The standard InChI is InChI=1S/C15H25N5O3S/c1-4-5-11-14(24-18-17-11)15(23)16-10-6-7-20(8-12(10)21)9-13(22)19(2)3/h10,12,21H,4-9H2,1-3H3,(H,16,23)/t10-,12-/m1/s1. The lowest BCUT2D eigenvalue weighted by molar-refractivity contribution is -0.130. The largest absolute Gasteiger partial charge is 0.390 e. The molecule has 1 saturated heterocycles. The van der Waals surface area contributed by atoms with Crippen molar-refractivity contribution in [2.45, 2.75) is 38.3 Å². The molecule has 24 heavy (non-hydrogen) atoms. The normalized spacial score (nSPS) is 21.5. The van der Waals surface area contributed by atoms with Crippen molar-refractivity contribution in [1.82, 2.24) is 24.7 Å². The molecule has 9 heteroatoms. The highest BCUT2D eigenvalue weighted by molar-refractivity contribution is 7.08. The molecule has 0 saturated carbocycles. The van der Waals surface area contributed by atoms with E-state index in [4.69, 9.17) is 0 Å². The van der Waals surface area contributed by atoms with E-state index in [1.54, 1.807) is 14.1 Å². The van der Waals surface area contributed by atoms with Gasteiger partial charge in [0.25, 0.3) is 5.91 Å². The van der Waals surface area contributed by atoms with Crippen LogP contribution in [0.2, 0.25) is 0 Å². The van der Waals surface area contributed by atoms with Crippen molar-refractivity contribution in [3.05, 3.63) is 10.6 Å². The van der Waals surface area contributed by atoms with E-state index in [9.17, 15) is 14.7 Å². The van der Waals surface area contributed by atoms with Crippen LogP contribution >= 0.6 is 11.5 Å². The number of aliphatic hydroxyl groups excluding tert-OH is 1. The highest BCUT2D eigenvalue weighted by Crippen LogP contribution is 2.16. The zero-order chi connectivity index (χ0) is 17.7. The van der Waals surface area contributed by atoms with Gasteiger partial charge in [0.2, 0.25) is 5.91 Å². The SMILES string of the molecule is CCCc1nnsc1C(=O)N[C@@H]1CCN(CC(=O)N(C)C)C[C@H]1O. The smallest absolute Gasteiger partial charge is 0.265 e. The third kappa shape index (κ3) is 4.71. The van der Waals surface area contributed by atoms with E-state index in [0.29, 0.717) is 36.5 Å². The van der Waals surface area contributed by atoms with Crippen molar-refractivity contribution in [2.24, 2.45) is 0 Å². The summed E-state index contributed by atoms with van der Waals surface area (Å²) in [4.78, 5) is 28.1. The monoisotopic (exact) mass is 355 g/mol. The number of aryl methyl sites for hydroxylation is 1. The maximum Gasteiger partial charge on any atom is 0.265 e. The topological polar surface area (TPSA) is 98.7 Å². The van der Waals surface area contributed by atoms with Crippen LogP contribution in [0.4, 0.5) is 0 Å². The molecule has 134 valence electrons. The van der Waals surface area contributed by atoms with Crippen molar-refractivity contribution < 1.29 is 14.7 Å². The van der Waals surface area contributed by atoms with Crippen molar-refractivity contribution in [1.29, 1.82) is 0 Å². The number of aliphatic hydroxyl groups is 1. The minimum absolute atomic E-state index is 0.00428. The van der Waals surface area contributed by atoms with Crippen LogP contribution in [0.1, 0.15) is 35.1 Å². The van der Waals surface area contributed by atoms with Gasteiger partial charge in [0.15, 0.2) is 0 Å². The van der Waals surface area contributed by atoms with Gasteiger partial charge in [0, 0.05) is 27.2 Å². The van der Waals surface area contributed by atoms with Gasteiger partial charge in [-0.2, -0.15) is 0 Å². The number of aromatic nitrogens is 2. The number of amides is 2. The van der Waals surface area contributed by atoms with Gasteiger partial charge in [0.05, 0.1) is 24.4 Å². The second-order valence-corrected chi connectivity index (χ2v) is 7.01. The number of β-amino-alcohol motifs (C(OH)–C–C–N with tert-alkyl or cyclic N) is 1. The van der Waals surface area contributed by atoms with E-state index in [-0.39, 0.29) is 24.4 Å². The average molecular weight is 355 g/mol. The molecule has 0 radical (unpaired) electrons. The molecule has 2 heterocycles. The summed E-state index contributed by atoms with van der Waals surface area (Å²) in [5.41, 5.74) is 0.712. The van der Waals surface area contributed by atoms with Crippen LogP contribution < -0.4 is 5.32 Å². The Balaban J connectivity index is 1.89. The zero-order valence-corrected chi connectivity index (χ0v) is 15.2. The van der Waals surface area contributed by atoms with E-state index in [2.05, 4.69) is 14.9 Å². The fourth-order valence-corrected chi connectivity index (χ4v) is 3.27. The van der Waals surface area contributed by atoms with Gasteiger partial charge in [-0.15, -0.1) is 5.10 Å². The number of nitrogens with one attached hydrogen (secondary N) is 1. The quantitative estimate of drug-likeness (QED) is 0.730. The van der Waals surface area contributed by atoms with Crippen LogP contribution in [0.25, 0.3) is 0 Å². The molecule has 0 bridgehead atoms. The molecule has 0 spiro atoms. The van der Waals surface area contributed by atoms with Crippen LogP contribution in [0.15, 0.2) is 0 Å². The molecule has 8 nitrogen and oxygen atoms in total. The van der Waals surface area contributed by atoms with Crippen molar-refractivity contribution in [3.63, 3.8) is 0 Å². The molecule has 2 N–H and O–H groups in total. The Bertz CT molecular complexity index is 577. The summed E-state index contributed by atoms with van der Waals surface area (Å²) in [6, 6.07) is -0.320. The molecule has 0 aromatic carbocycles. The molecular formula is C15H25N5O3S. The first-order valence-corrected chi connectivity index (χ1v) is 8.92. The highest BCUT2D eigenvalue weighted by Gasteiger charge is 2.31. The van der Waals surface area contributed by atoms with E-state index >= 15 is 0 Å². The molecule has 1 aliphatic heterocycles. The Morgan fingerprint density at radius 1 is 1.46 bits per heavy atom. The molecule has 1 fully saturated rings.